The molecule has 0 atom stereocenters. The summed E-state index contributed by atoms with van der Waals surface area (Å²) in [6, 6.07) is 7.49. The van der Waals surface area contributed by atoms with Gasteiger partial charge in [-0.1, -0.05) is 18.2 Å². The van der Waals surface area contributed by atoms with Crippen LogP contribution in [0.2, 0.25) is 0 Å². The molecular weight excluding hydrogens is 252 g/mol. The second-order valence-electron chi connectivity index (χ2n) is 4.53. The zero-order valence-electron chi connectivity index (χ0n) is 11.5. The number of hydrogen-bond donors (Lipinski definition) is 2. The van der Waals surface area contributed by atoms with E-state index >= 15 is 0 Å². The second-order valence-corrected chi connectivity index (χ2v) is 4.53. The third kappa shape index (κ3) is 3.61. The van der Waals surface area contributed by atoms with Crippen molar-refractivity contribution in [2.24, 2.45) is 5.73 Å². The number of nitrogens with zero attached hydrogens (tertiary/aromatic N) is 2. The largest absolute Gasteiger partial charge is 0.346 e. The normalized spacial score (nSPS) is 10.3. The molecule has 0 aliphatic heterocycles. The molecule has 0 unspecified atom stereocenters. The monoisotopic (exact) mass is 270 g/mol. The van der Waals surface area contributed by atoms with Crippen LogP contribution in [0.3, 0.4) is 0 Å². The molecule has 0 spiro atoms. The van der Waals surface area contributed by atoms with E-state index in [9.17, 15) is 4.79 Å². The maximum Gasteiger partial charge on any atom is 0.251 e. The van der Waals surface area contributed by atoms with Crippen LogP contribution in [0.1, 0.15) is 27.3 Å². The molecule has 104 valence electrons. The lowest BCUT2D eigenvalue weighted by Gasteiger charge is -2.09. The van der Waals surface area contributed by atoms with Gasteiger partial charge < -0.3 is 11.1 Å². The Morgan fingerprint density at radius 3 is 2.75 bits per heavy atom. The number of carbonyl (C=O) groups excluding carboxylic acids is 1. The Morgan fingerprint density at radius 1 is 1.25 bits per heavy atom. The standard InChI is InChI=1S/C15H18N4O/c1-11-8-18-13(9-17-11)10-19-15(20)14-5-3-2-4-12(14)6-7-16/h2-5,8-9H,6-7,10,16H2,1H3,(H,19,20). The van der Waals surface area contributed by atoms with Crippen LogP contribution in [-0.2, 0) is 13.0 Å². The van der Waals surface area contributed by atoms with Gasteiger partial charge in [-0.2, -0.15) is 0 Å². The molecule has 0 aliphatic rings. The molecule has 5 nitrogen and oxygen atoms in total. The van der Waals surface area contributed by atoms with E-state index in [1.54, 1.807) is 18.5 Å². The Labute approximate surface area is 118 Å². The number of benzene rings is 1. The zero-order valence-corrected chi connectivity index (χ0v) is 11.5. The number of amides is 1. The molecule has 1 heterocycles. The number of aromatic nitrogens is 2. The average molecular weight is 270 g/mol. The highest BCUT2D eigenvalue weighted by Gasteiger charge is 2.10. The second kappa shape index (κ2) is 6.77. The van der Waals surface area contributed by atoms with Gasteiger partial charge in [0.15, 0.2) is 0 Å². The van der Waals surface area contributed by atoms with Crippen LogP contribution in [0.4, 0.5) is 0 Å². The number of hydrogen-bond acceptors (Lipinski definition) is 4. The first-order valence-electron chi connectivity index (χ1n) is 6.54. The summed E-state index contributed by atoms with van der Waals surface area (Å²) in [4.78, 5) is 20.5. The molecule has 1 aromatic heterocycles. The molecule has 0 fully saturated rings. The Hall–Kier alpha value is -2.27. The van der Waals surface area contributed by atoms with E-state index in [0.717, 1.165) is 17.0 Å². The first kappa shape index (κ1) is 14.1. The highest BCUT2D eigenvalue weighted by molar-refractivity contribution is 5.95. The summed E-state index contributed by atoms with van der Waals surface area (Å²) < 4.78 is 0. The van der Waals surface area contributed by atoms with E-state index in [0.29, 0.717) is 25.1 Å². The molecule has 1 aromatic carbocycles. The van der Waals surface area contributed by atoms with Crippen LogP contribution < -0.4 is 11.1 Å². The molecule has 20 heavy (non-hydrogen) atoms. The predicted molar refractivity (Wildman–Crippen MR) is 77.1 cm³/mol. The highest BCUT2D eigenvalue weighted by Crippen LogP contribution is 2.09. The quantitative estimate of drug-likeness (QED) is 0.856. The van der Waals surface area contributed by atoms with Crippen LogP contribution >= 0.6 is 0 Å². The summed E-state index contributed by atoms with van der Waals surface area (Å²) in [6.07, 6.45) is 4.04. The summed E-state index contributed by atoms with van der Waals surface area (Å²) in [6.45, 7) is 2.76. The van der Waals surface area contributed by atoms with Crippen LogP contribution in [0, 0.1) is 6.92 Å². The molecule has 2 rings (SSSR count). The SMILES string of the molecule is Cc1cnc(CNC(=O)c2ccccc2CCN)cn1. The van der Waals surface area contributed by atoms with Crippen molar-refractivity contribution in [1.82, 2.24) is 15.3 Å². The van der Waals surface area contributed by atoms with Gasteiger partial charge in [0.1, 0.15) is 0 Å². The van der Waals surface area contributed by atoms with Crippen molar-refractivity contribution in [2.45, 2.75) is 19.9 Å². The van der Waals surface area contributed by atoms with Crippen molar-refractivity contribution in [3.05, 3.63) is 59.2 Å². The van der Waals surface area contributed by atoms with Gasteiger partial charge in [-0.3, -0.25) is 14.8 Å². The molecule has 2 aromatic rings. The van der Waals surface area contributed by atoms with E-state index in [2.05, 4.69) is 15.3 Å². The molecule has 5 heteroatoms. The fraction of sp³-hybridized carbons (Fsp3) is 0.267. The summed E-state index contributed by atoms with van der Waals surface area (Å²) in [5.41, 5.74) is 8.78. The van der Waals surface area contributed by atoms with E-state index in [1.807, 2.05) is 25.1 Å². The summed E-state index contributed by atoms with van der Waals surface area (Å²) in [5.74, 6) is -0.114. The van der Waals surface area contributed by atoms with Gasteiger partial charge in [0.2, 0.25) is 0 Å². The first-order valence-corrected chi connectivity index (χ1v) is 6.54. The minimum absolute atomic E-state index is 0.114. The fourth-order valence-electron chi connectivity index (χ4n) is 1.89. The van der Waals surface area contributed by atoms with Crippen molar-refractivity contribution >= 4 is 5.91 Å². The van der Waals surface area contributed by atoms with E-state index in [-0.39, 0.29) is 5.91 Å². The van der Waals surface area contributed by atoms with Crippen molar-refractivity contribution in [3.8, 4) is 0 Å². The minimum Gasteiger partial charge on any atom is -0.346 e. The molecule has 0 saturated heterocycles. The van der Waals surface area contributed by atoms with Crippen LogP contribution in [0.25, 0.3) is 0 Å². The van der Waals surface area contributed by atoms with Crippen molar-refractivity contribution < 1.29 is 4.79 Å². The highest BCUT2D eigenvalue weighted by atomic mass is 16.1. The molecule has 1 amide bonds. The lowest BCUT2D eigenvalue weighted by atomic mass is 10.0. The van der Waals surface area contributed by atoms with Crippen LogP contribution in [0.5, 0.6) is 0 Å². The van der Waals surface area contributed by atoms with Gasteiger partial charge in [-0.05, 0) is 31.5 Å². The number of carbonyl (C=O) groups is 1. The topological polar surface area (TPSA) is 80.9 Å². The summed E-state index contributed by atoms with van der Waals surface area (Å²) >= 11 is 0. The number of nitrogens with two attached hydrogens (primary N) is 1. The van der Waals surface area contributed by atoms with Crippen molar-refractivity contribution in [3.63, 3.8) is 0 Å². The molecular formula is C15H18N4O. The van der Waals surface area contributed by atoms with E-state index in [4.69, 9.17) is 5.73 Å². The third-order valence-corrected chi connectivity index (χ3v) is 2.94. The number of rotatable bonds is 5. The minimum atomic E-state index is -0.114. The Balaban J connectivity index is 2.03. The molecule has 0 radical (unpaired) electrons. The Kier molecular flexibility index (Phi) is 4.79. The summed E-state index contributed by atoms with van der Waals surface area (Å²) in [7, 11) is 0. The van der Waals surface area contributed by atoms with Gasteiger partial charge in [0.25, 0.3) is 5.91 Å². The lowest BCUT2D eigenvalue weighted by molar-refractivity contribution is 0.0949. The van der Waals surface area contributed by atoms with Gasteiger partial charge in [-0.25, -0.2) is 0 Å². The average Bonchev–Trinajstić information content (AvgIpc) is 2.47. The fourth-order valence-corrected chi connectivity index (χ4v) is 1.89. The van der Waals surface area contributed by atoms with Crippen molar-refractivity contribution in [2.75, 3.05) is 6.54 Å². The van der Waals surface area contributed by atoms with Gasteiger partial charge in [-0.15, -0.1) is 0 Å². The van der Waals surface area contributed by atoms with Gasteiger partial charge in [0.05, 0.1) is 24.1 Å². The smallest absolute Gasteiger partial charge is 0.251 e. The zero-order chi connectivity index (χ0) is 14.4. The third-order valence-electron chi connectivity index (χ3n) is 2.94. The molecule has 0 bridgehead atoms. The summed E-state index contributed by atoms with van der Waals surface area (Å²) in [5, 5.41) is 2.85. The maximum atomic E-state index is 12.2. The lowest BCUT2D eigenvalue weighted by Crippen LogP contribution is -2.25. The number of nitrogens with one attached hydrogen (secondary N) is 1. The van der Waals surface area contributed by atoms with E-state index in [1.165, 1.54) is 0 Å². The van der Waals surface area contributed by atoms with Crippen LogP contribution in [0.15, 0.2) is 36.7 Å². The van der Waals surface area contributed by atoms with Gasteiger partial charge in [0, 0.05) is 11.8 Å². The van der Waals surface area contributed by atoms with Gasteiger partial charge >= 0.3 is 0 Å². The van der Waals surface area contributed by atoms with Crippen molar-refractivity contribution in [1.29, 1.82) is 0 Å². The molecule has 0 aliphatic carbocycles. The molecule has 3 N–H and O–H groups in total. The Bertz CT molecular complexity index is 581. The first-order chi connectivity index (χ1) is 9.70. The van der Waals surface area contributed by atoms with E-state index < -0.39 is 0 Å². The number of aryl methyl sites for hydroxylation is 1. The maximum absolute atomic E-state index is 12.2. The van der Waals surface area contributed by atoms with Crippen LogP contribution in [-0.4, -0.2) is 22.4 Å². The predicted octanol–water partition coefficient (Wildman–Crippen LogP) is 1.22. The molecule has 0 saturated carbocycles. The Morgan fingerprint density at radius 2 is 2.05 bits per heavy atom.